The molecule has 0 atom stereocenters. The maximum Gasteiger partial charge on any atom is 0.180 e. The highest BCUT2D eigenvalue weighted by Gasteiger charge is 2.07. The summed E-state index contributed by atoms with van der Waals surface area (Å²) in [6.45, 7) is 3.51. The predicted octanol–water partition coefficient (Wildman–Crippen LogP) is 3.43. The molecule has 3 rings (SSSR count). The van der Waals surface area contributed by atoms with Gasteiger partial charge in [0.25, 0.3) is 0 Å². The summed E-state index contributed by atoms with van der Waals surface area (Å²) in [5, 5.41) is 7.27. The lowest BCUT2D eigenvalue weighted by atomic mass is 10.2. The van der Waals surface area contributed by atoms with Crippen LogP contribution in [0, 0.1) is 0 Å². The Kier molecular flexibility index (Phi) is 3.92. The van der Waals surface area contributed by atoms with Crippen LogP contribution in [-0.2, 0) is 6.54 Å². The number of nitrogens with zero attached hydrogens (tertiary/aromatic N) is 3. The van der Waals surface area contributed by atoms with Gasteiger partial charge in [0.1, 0.15) is 5.82 Å². The average molecular weight is 302 g/mol. The number of rotatable bonds is 5. The average Bonchev–Trinajstić information content (AvgIpc) is 2.93. The van der Waals surface area contributed by atoms with Gasteiger partial charge in [-0.2, -0.15) is 0 Å². The molecule has 2 heterocycles. The molecule has 0 fully saturated rings. The highest BCUT2D eigenvalue weighted by Crippen LogP contribution is 2.18. The van der Waals surface area contributed by atoms with E-state index >= 15 is 0 Å². The van der Waals surface area contributed by atoms with E-state index in [1.54, 1.807) is 6.20 Å². The summed E-state index contributed by atoms with van der Waals surface area (Å²) >= 11 is 6.00. The second-order valence-electron chi connectivity index (χ2n) is 4.65. The number of imidazole rings is 1. The molecule has 108 valence electrons. The van der Waals surface area contributed by atoms with E-state index in [2.05, 4.69) is 20.6 Å². The van der Waals surface area contributed by atoms with Crippen molar-refractivity contribution < 1.29 is 0 Å². The first-order valence-electron chi connectivity index (χ1n) is 6.82. The van der Waals surface area contributed by atoms with E-state index in [0.717, 1.165) is 34.4 Å². The topological polar surface area (TPSA) is 54.2 Å². The summed E-state index contributed by atoms with van der Waals surface area (Å²) in [5.41, 5.74) is 1.90. The second-order valence-corrected chi connectivity index (χ2v) is 5.08. The van der Waals surface area contributed by atoms with Crippen LogP contribution in [0.1, 0.15) is 12.5 Å². The zero-order chi connectivity index (χ0) is 14.7. The third kappa shape index (κ3) is 3.08. The first-order chi connectivity index (χ1) is 10.3. The Morgan fingerprint density at radius 3 is 3.00 bits per heavy atom. The molecule has 0 aliphatic rings. The van der Waals surface area contributed by atoms with Crippen LogP contribution in [-0.4, -0.2) is 20.9 Å². The maximum atomic E-state index is 6.00. The Labute approximate surface area is 128 Å². The number of hydrogen-bond donors (Lipinski definition) is 2. The molecule has 0 unspecified atom stereocenters. The molecule has 2 aromatic heterocycles. The van der Waals surface area contributed by atoms with Crippen LogP contribution in [0.15, 0.2) is 42.9 Å². The normalized spacial score (nSPS) is 10.8. The van der Waals surface area contributed by atoms with E-state index in [1.165, 1.54) is 0 Å². The van der Waals surface area contributed by atoms with E-state index in [9.17, 15) is 0 Å². The smallest absolute Gasteiger partial charge is 0.180 e. The highest BCUT2D eigenvalue weighted by molar-refractivity contribution is 6.30. The van der Waals surface area contributed by atoms with E-state index in [4.69, 9.17) is 11.6 Å². The van der Waals surface area contributed by atoms with E-state index in [1.807, 2.05) is 48.0 Å². The van der Waals surface area contributed by atoms with Gasteiger partial charge in [-0.3, -0.25) is 0 Å². The van der Waals surface area contributed by atoms with Crippen LogP contribution >= 0.6 is 11.6 Å². The second kappa shape index (κ2) is 6.01. The number of fused-ring (bicyclic) bond motifs is 1. The lowest BCUT2D eigenvalue weighted by Gasteiger charge is -2.10. The minimum Gasteiger partial charge on any atom is -0.369 e. The fraction of sp³-hybridized carbons (Fsp3) is 0.200. The molecular formula is C15H16ClN5. The van der Waals surface area contributed by atoms with Crippen LogP contribution in [0.2, 0.25) is 5.02 Å². The number of nitrogens with one attached hydrogen (secondary N) is 2. The fourth-order valence-electron chi connectivity index (χ4n) is 2.15. The summed E-state index contributed by atoms with van der Waals surface area (Å²) in [5.74, 6) is 1.56. The quantitative estimate of drug-likeness (QED) is 0.758. The molecule has 0 aliphatic heterocycles. The molecule has 6 heteroatoms. The van der Waals surface area contributed by atoms with Gasteiger partial charge in [0, 0.05) is 30.5 Å². The lowest BCUT2D eigenvalue weighted by Crippen LogP contribution is -2.07. The van der Waals surface area contributed by atoms with Gasteiger partial charge in [-0.1, -0.05) is 23.7 Å². The number of aromatic nitrogens is 3. The molecular weight excluding hydrogens is 286 g/mol. The SMILES string of the molecule is CCNc1cn2ccnc2c(NCc2cccc(Cl)c2)n1. The summed E-state index contributed by atoms with van der Waals surface area (Å²) in [6, 6.07) is 7.76. The third-order valence-corrected chi connectivity index (χ3v) is 3.32. The third-order valence-electron chi connectivity index (χ3n) is 3.08. The first-order valence-corrected chi connectivity index (χ1v) is 7.20. The van der Waals surface area contributed by atoms with Gasteiger partial charge in [-0.25, -0.2) is 9.97 Å². The van der Waals surface area contributed by atoms with Crippen LogP contribution in [0.3, 0.4) is 0 Å². The Balaban J connectivity index is 1.86. The zero-order valence-electron chi connectivity index (χ0n) is 11.7. The first kappa shape index (κ1) is 13.7. The standard InChI is InChI=1S/C15H16ClN5/c1-2-17-13-10-21-7-6-18-15(21)14(20-13)19-9-11-4-3-5-12(16)8-11/h3-8,10,17H,2,9H2,1H3,(H,19,20). The Hall–Kier alpha value is -2.27. The minimum absolute atomic E-state index is 0.645. The van der Waals surface area contributed by atoms with E-state index in [0.29, 0.717) is 6.54 Å². The molecule has 2 N–H and O–H groups in total. The summed E-state index contributed by atoms with van der Waals surface area (Å²) in [4.78, 5) is 8.90. The van der Waals surface area contributed by atoms with Crippen LogP contribution in [0.4, 0.5) is 11.6 Å². The van der Waals surface area contributed by atoms with Gasteiger partial charge in [-0.15, -0.1) is 0 Å². The monoisotopic (exact) mass is 301 g/mol. The van der Waals surface area contributed by atoms with Crippen molar-refractivity contribution in [3.05, 3.63) is 53.4 Å². The van der Waals surface area contributed by atoms with Crippen LogP contribution in [0.25, 0.3) is 5.65 Å². The van der Waals surface area contributed by atoms with Gasteiger partial charge in [-0.05, 0) is 24.6 Å². The predicted molar refractivity (Wildman–Crippen MR) is 85.9 cm³/mol. The molecule has 0 amide bonds. The molecule has 1 aromatic carbocycles. The van der Waals surface area contributed by atoms with Gasteiger partial charge < -0.3 is 15.0 Å². The number of benzene rings is 1. The molecule has 0 saturated carbocycles. The molecule has 0 aliphatic carbocycles. The molecule has 0 spiro atoms. The Bertz CT molecular complexity index is 753. The van der Waals surface area contributed by atoms with Gasteiger partial charge in [0.05, 0.1) is 6.20 Å². The summed E-state index contributed by atoms with van der Waals surface area (Å²) in [7, 11) is 0. The van der Waals surface area contributed by atoms with Crippen molar-refractivity contribution in [2.45, 2.75) is 13.5 Å². The fourth-order valence-corrected chi connectivity index (χ4v) is 2.36. The summed E-state index contributed by atoms with van der Waals surface area (Å²) in [6.07, 6.45) is 5.59. The largest absolute Gasteiger partial charge is 0.369 e. The Morgan fingerprint density at radius 2 is 2.19 bits per heavy atom. The molecule has 3 aromatic rings. The zero-order valence-corrected chi connectivity index (χ0v) is 12.4. The van der Waals surface area contributed by atoms with Gasteiger partial charge >= 0.3 is 0 Å². The van der Waals surface area contributed by atoms with Crippen molar-refractivity contribution in [2.75, 3.05) is 17.2 Å². The lowest BCUT2D eigenvalue weighted by molar-refractivity contribution is 1.05. The van der Waals surface area contributed by atoms with E-state index < -0.39 is 0 Å². The molecule has 0 radical (unpaired) electrons. The molecule has 0 saturated heterocycles. The molecule has 5 nitrogen and oxygen atoms in total. The van der Waals surface area contributed by atoms with E-state index in [-0.39, 0.29) is 0 Å². The van der Waals surface area contributed by atoms with Crippen molar-refractivity contribution in [3.8, 4) is 0 Å². The summed E-state index contributed by atoms with van der Waals surface area (Å²) < 4.78 is 1.95. The Morgan fingerprint density at radius 1 is 1.29 bits per heavy atom. The number of halogens is 1. The minimum atomic E-state index is 0.645. The van der Waals surface area contributed by atoms with Crippen LogP contribution in [0.5, 0.6) is 0 Å². The van der Waals surface area contributed by atoms with Crippen molar-refractivity contribution in [2.24, 2.45) is 0 Å². The van der Waals surface area contributed by atoms with Crippen molar-refractivity contribution in [1.82, 2.24) is 14.4 Å². The van der Waals surface area contributed by atoms with Crippen molar-refractivity contribution in [3.63, 3.8) is 0 Å². The van der Waals surface area contributed by atoms with Gasteiger partial charge in [0.2, 0.25) is 0 Å². The van der Waals surface area contributed by atoms with Crippen molar-refractivity contribution in [1.29, 1.82) is 0 Å². The molecule has 0 bridgehead atoms. The van der Waals surface area contributed by atoms with Crippen LogP contribution < -0.4 is 10.6 Å². The maximum absolute atomic E-state index is 6.00. The number of anilines is 2. The van der Waals surface area contributed by atoms with Crippen molar-refractivity contribution >= 4 is 28.9 Å². The number of hydrogen-bond acceptors (Lipinski definition) is 4. The molecule has 21 heavy (non-hydrogen) atoms. The van der Waals surface area contributed by atoms with Gasteiger partial charge in [0.15, 0.2) is 11.5 Å². The highest BCUT2D eigenvalue weighted by atomic mass is 35.5.